The lowest BCUT2D eigenvalue weighted by atomic mass is 10.1. The standard InChI is InChI=1S/C15H17N3O2/c1-17-9-8-11-2-5-13(6-3-11)20-14-7-4-12(10-18-14)15(16)19/h2-7,10,17H,8-9H2,1H3,(H2,16,19). The third-order valence-electron chi connectivity index (χ3n) is 2.83. The molecule has 2 rings (SSSR count). The lowest BCUT2D eigenvalue weighted by Gasteiger charge is -2.06. The van der Waals surface area contributed by atoms with Gasteiger partial charge < -0.3 is 15.8 Å². The normalized spacial score (nSPS) is 10.2. The molecule has 5 heteroatoms. The Hall–Kier alpha value is -2.40. The molecule has 0 fully saturated rings. The first-order valence-corrected chi connectivity index (χ1v) is 6.36. The van der Waals surface area contributed by atoms with E-state index in [1.54, 1.807) is 12.1 Å². The van der Waals surface area contributed by atoms with Gasteiger partial charge in [0.15, 0.2) is 0 Å². The summed E-state index contributed by atoms with van der Waals surface area (Å²) in [5, 5.41) is 3.11. The van der Waals surface area contributed by atoms with Gasteiger partial charge in [-0.15, -0.1) is 0 Å². The van der Waals surface area contributed by atoms with Gasteiger partial charge in [0, 0.05) is 12.3 Å². The maximum absolute atomic E-state index is 10.9. The second-order valence-corrected chi connectivity index (χ2v) is 4.35. The topological polar surface area (TPSA) is 77.2 Å². The molecule has 0 atom stereocenters. The highest BCUT2D eigenvalue weighted by atomic mass is 16.5. The minimum atomic E-state index is -0.502. The maximum atomic E-state index is 10.9. The lowest BCUT2D eigenvalue weighted by molar-refractivity contribution is 0.1000. The van der Waals surface area contributed by atoms with E-state index < -0.39 is 5.91 Å². The Kier molecular flexibility index (Phi) is 4.68. The number of nitrogens with zero attached hydrogens (tertiary/aromatic N) is 1. The number of hydrogen-bond donors (Lipinski definition) is 2. The van der Waals surface area contributed by atoms with E-state index in [0.29, 0.717) is 17.2 Å². The fourth-order valence-electron chi connectivity index (χ4n) is 1.70. The van der Waals surface area contributed by atoms with Crippen LogP contribution in [-0.4, -0.2) is 24.5 Å². The molecule has 0 aliphatic heterocycles. The van der Waals surface area contributed by atoms with Crippen molar-refractivity contribution < 1.29 is 9.53 Å². The molecular formula is C15H17N3O2. The molecule has 0 unspecified atom stereocenters. The van der Waals surface area contributed by atoms with E-state index in [4.69, 9.17) is 10.5 Å². The number of ether oxygens (including phenoxy) is 1. The van der Waals surface area contributed by atoms with Gasteiger partial charge in [0.1, 0.15) is 5.75 Å². The van der Waals surface area contributed by atoms with Gasteiger partial charge in [-0.3, -0.25) is 4.79 Å². The highest BCUT2D eigenvalue weighted by molar-refractivity contribution is 5.92. The van der Waals surface area contributed by atoms with Crippen molar-refractivity contribution in [3.05, 3.63) is 53.7 Å². The average molecular weight is 271 g/mol. The monoisotopic (exact) mass is 271 g/mol. The minimum Gasteiger partial charge on any atom is -0.439 e. The molecule has 0 saturated heterocycles. The van der Waals surface area contributed by atoms with E-state index in [1.165, 1.54) is 11.8 Å². The van der Waals surface area contributed by atoms with E-state index in [2.05, 4.69) is 10.3 Å². The number of nitrogens with two attached hydrogens (primary N) is 1. The number of primary amides is 1. The predicted molar refractivity (Wildman–Crippen MR) is 76.9 cm³/mol. The van der Waals surface area contributed by atoms with Crippen molar-refractivity contribution in [3.63, 3.8) is 0 Å². The minimum absolute atomic E-state index is 0.361. The van der Waals surface area contributed by atoms with Crippen LogP contribution in [0.1, 0.15) is 15.9 Å². The fraction of sp³-hybridized carbons (Fsp3) is 0.200. The number of carbonyl (C=O) groups excluding carboxylic acids is 1. The summed E-state index contributed by atoms with van der Waals surface area (Å²) >= 11 is 0. The number of aromatic nitrogens is 1. The van der Waals surface area contributed by atoms with E-state index >= 15 is 0 Å². The molecule has 0 bridgehead atoms. The number of nitrogens with one attached hydrogen (secondary N) is 1. The third kappa shape index (κ3) is 3.80. The van der Waals surface area contributed by atoms with Crippen LogP contribution in [0.3, 0.4) is 0 Å². The van der Waals surface area contributed by atoms with Crippen LogP contribution in [0.5, 0.6) is 11.6 Å². The predicted octanol–water partition coefficient (Wildman–Crippen LogP) is 1.73. The van der Waals surface area contributed by atoms with Gasteiger partial charge in [0.05, 0.1) is 5.56 Å². The highest BCUT2D eigenvalue weighted by Gasteiger charge is 2.03. The Labute approximate surface area is 117 Å². The van der Waals surface area contributed by atoms with Crippen LogP contribution in [0.25, 0.3) is 0 Å². The van der Waals surface area contributed by atoms with E-state index in [1.807, 2.05) is 31.3 Å². The molecule has 0 radical (unpaired) electrons. The molecule has 1 amide bonds. The van der Waals surface area contributed by atoms with Gasteiger partial charge in [0.25, 0.3) is 0 Å². The van der Waals surface area contributed by atoms with Crippen molar-refractivity contribution in [3.8, 4) is 11.6 Å². The number of benzene rings is 1. The van der Waals surface area contributed by atoms with Crippen LogP contribution in [0.15, 0.2) is 42.6 Å². The third-order valence-corrected chi connectivity index (χ3v) is 2.83. The molecule has 0 aliphatic carbocycles. The van der Waals surface area contributed by atoms with E-state index in [9.17, 15) is 4.79 Å². The quantitative estimate of drug-likeness (QED) is 0.839. The van der Waals surface area contributed by atoms with Crippen LogP contribution in [0.4, 0.5) is 0 Å². The molecule has 20 heavy (non-hydrogen) atoms. The van der Waals surface area contributed by atoms with Gasteiger partial charge in [-0.2, -0.15) is 0 Å². The summed E-state index contributed by atoms with van der Waals surface area (Å²) in [5.41, 5.74) is 6.75. The number of carbonyl (C=O) groups is 1. The summed E-state index contributed by atoms with van der Waals surface area (Å²) in [6.45, 7) is 0.941. The van der Waals surface area contributed by atoms with Crippen molar-refractivity contribution in [2.45, 2.75) is 6.42 Å². The molecule has 0 aliphatic rings. The van der Waals surface area contributed by atoms with E-state index in [-0.39, 0.29) is 0 Å². The summed E-state index contributed by atoms with van der Waals surface area (Å²) in [7, 11) is 1.93. The number of hydrogen-bond acceptors (Lipinski definition) is 4. The summed E-state index contributed by atoms with van der Waals surface area (Å²) in [5.74, 6) is 0.633. The Morgan fingerprint density at radius 2 is 2.00 bits per heavy atom. The number of likely N-dealkylation sites (N-methyl/N-ethyl adjacent to an activating group) is 1. The smallest absolute Gasteiger partial charge is 0.250 e. The molecule has 0 saturated carbocycles. The molecule has 104 valence electrons. The zero-order chi connectivity index (χ0) is 14.4. The van der Waals surface area contributed by atoms with Crippen molar-refractivity contribution in [1.29, 1.82) is 0 Å². The van der Waals surface area contributed by atoms with Crippen molar-refractivity contribution in [1.82, 2.24) is 10.3 Å². The first kappa shape index (κ1) is 14.0. The fourth-order valence-corrected chi connectivity index (χ4v) is 1.70. The summed E-state index contributed by atoms with van der Waals surface area (Å²) in [6.07, 6.45) is 2.38. The van der Waals surface area contributed by atoms with Crippen molar-refractivity contribution >= 4 is 5.91 Å². The molecule has 1 heterocycles. The Bertz CT molecular complexity index is 565. The van der Waals surface area contributed by atoms with Crippen molar-refractivity contribution in [2.75, 3.05) is 13.6 Å². The molecule has 1 aromatic heterocycles. The second kappa shape index (κ2) is 6.68. The number of amides is 1. The SMILES string of the molecule is CNCCc1ccc(Oc2ccc(C(N)=O)cn2)cc1. The van der Waals surface area contributed by atoms with Crippen LogP contribution >= 0.6 is 0 Å². The summed E-state index contributed by atoms with van der Waals surface area (Å²) in [4.78, 5) is 15.0. The first-order valence-electron chi connectivity index (χ1n) is 6.36. The zero-order valence-corrected chi connectivity index (χ0v) is 11.3. The first-order chi connectivity index (χ1) is 9.69. The van der Waals surface area contributed by atoms with E-state index in [0.717, 1.165) is 13.0 Å². The Morgan fingerprint density at radius 1 is 1.25 bits per heavy atom. The molecule has 0 spiro atoms. The molecule has 1 aromatic carbocycles. The maximum Gasteiger partial charge on any atom is 0.250 e. The van der Waals surface area contributed by atoms with Gasteiger partial charge in [0.2, 0.25) is 11.8 Å². The second-order valence-electron chi connectivity index (χ2n) is 4.35. The van der Waals surface area contributed by atoms with Gasteiger partial charge in [-0.05, 0) is 43.8 Å². The Morgan fingerprint density at radius 3 is 2.55 bits per heavy atom. The lowest BCUT2D eigenvalue weighted by Crippen LogP contribution is -2.10. The highest BCUT2D eigenvalue weighted by Crippen LogP contribution is 2.19. The number of pyridine rings is 1. The van der Waals surface area contributed by atoms with Crippen LogP contribution < -0.4 is 15.8 Å². The zero-order valence-electron chi connectivity index (χ0n) is 11.3. The van der Waals surface area contributed by atoms with Gasteiger partial charge in [-0.25, -0.2) is 4.98 Å². The number of rotatable bonds is 6. The van der Waals surface area contributed by atoms with Crippen LogP contribution in [0, 0.1) is 0 Å². The van der Waals surface area contributed by atoms with Gasteiger partial charge in [-0.1, -0.05) is 12.1 Å². The van der Waals surface area contributed by atoms with Gasteiger partial charge >= 0.3 is 0 Å². The average Bonchev–Trinajstić information content (AvgIpc) is 2.47. The molecule has 3 N–H and O–H groups in total. The van der Waals surface area contributed by atoms with Crippen LogP contribution in [-0.2, 0) is 6.42 Å². The van der Waals surface area contributed by atoms with Crippen molar-refractivity contribution in [2.24, 2.45) is 5.73 Å². The molecule has 5 nitrogen and oxygen atoms in total. The largest absolute Gasteiger partial charge is 0.439 e. The summed E-state index contributed by atoms with van der Waals surface area (Å²) < 4.78 is 5.59. The Balaban J connectivity index is 2.00. The molecule has 2 aromatic rings. The summed E-state index contributed by atoms with van der Waals surface area (Å²) in [6, 6.07) is 11.0. The molecular weight excluding hydrogens is 254 g/mol. The van der Waals surface area contributed by atoms with Crippen LogP contribution in [0.2, 0.25) is 0 Å².